The van der Waals surface area contributed by atoms with Gasteiger partial charge in [0.25, 0.3) is 0 Å². The Hall–Kier alpha value is -1.10. The SMILES string of the molecule is CCCCCCCCCCSc1ncc2[nH]cnc2n1. The van der Waals surface area contributed by atoms with Gasteiger partial charge in [-0.25, -0.2) is 15.0 Å². The zero-order valence-corrected chi connectivity index (χ0v) is 13.1. The molecular formula is C15H24N4S. The number of imidazole rings is 1. The molecule has 0 atom stereocenters. The van der Waals surface area contributed by atoms with Crippen molar-refractivity contribution in [3.63, 3.8) is 0 Å². The van der Waals surface area contributed by atoms with E-state index in [0.717, 1.165) is 22.1 Å². The number of H-pyrrole nitrogens is 1. The Morgan fingerprint density at radius 3 is 2.55 bits per heavy atom. The van der Waals surface area contributed by atoms with E-state index in [9.17, 15) is 0 Å². The van der Waals surface area contributed by atoms with Gasteiger partial charge in [0, 0.05) is 5.75 Å². The highest BCUT2D eigenvalue weighted by molar-refractivity contribution is 7.99. The van der Waals surface area contributed by atoms with Crippen LogP contribution in [0.1, 0.15) is 58.3 Å². The highest BCUT2D eigenvalue weighted by Gasteiger charge is 2.02. The van der Waals surface area contributed by atoms with Crippen molar-refractivity contribution >= 4 is 22.9 Å². The van der Waals surface area contributed by atoms with Gasteiger partial charge in [0.05, 0.1) is 12.5 Å². The molecule has 0 saturated carbocycles. The van der Waals surface area contributed by atoms with Gasteiger partial charge >= 0.3 is 0 Å². The standard InChI is InChI=1S/C15H24N4S/c1-2-3-4-5-6-7-8-9-10-20-15-16-11-13-14(19-15)18-12-17-13/h11-12H,2-10H2,1H3,(H,16,17,18,19). The molecule has 0 aliphatic carbocycles. The molecule has 0 bridgehead atoms. The predicted octanol–water partition coefficient (Wildman–Crippen LogP) is 4.59. The fraction of sp³-hybridized carbons (Fsp3) is 0.667. The van der Waals surface area contributed by atoms with Gasteiger partial charge in [0.2, 0.25) is 0 Å². The minimum atomic E-state index is 0.762. The van der Waals surface area contributed by atoms with Crippen molar-refractivity contribution < 1.29 is 0 Å². The summed E-state index contributed by atoms with van der Waals surface area (Å²) in [7, 11) is 0. The Morgan fingerprint density at radius 2 is 1.75 bits per heavy atom. The second-order valence-electron chi connectivity index (χ2n) is 5.12. The monoisotopic (exact) mass is 292 g/mol. The van der Waals surface area contributed by atoms with E-state index in [1.807, 2.05) is 6.20 Å². The van der Waals surface area contributed by atoms with E-state index in [0.29, 0.717) is 0 Å². The molecule has 4 nitrogen and oxygen atoms in total. The maximum absolute atomic E-state index is 4.41. The number of hydrogen-bond donors (Lipinski definition) is 1. The molecule has 0 aliphatic rings. The lowest BCUT2D eigenvalue weighted by atomic mass is 10.1. The highest BCUT2D eigenvalue weighted by Crippen LogP contribution is 2.17. The van der Waals surface area contributed by atoms with Crippen molar-refractivity contribution in [1.82, 2.24) is 19.9 Å². The van der Waals surface area contributed by atoms with Gasteiger partial charge < -0.3 is 4.98 Å². The minimum absolute atomic E-state index is 0.762. The summed E-state index contributed by atoms with van der Waals surface area (Å²) in [6.07, 6.45) is 14.3. The predicted molar refractivity (Wildman–Crippen MR) is 85.0 cm³/mol. The van der Waals surface area contributed by atoms with Crippen LogP contribution in [-0.2, 0) is 0 Å². The molecule has 2 rings (SSSR count). The lowest BCUT2D eigenvalue weighted by molar-refractivity contribution is 0.586. The first-order valence-electron chi connectivity index (χ1n) is 7.69. The van der Waals surface area contributed by atoms with Crippen LogP contribution in [0.5, 0.6) is 0 Å². The smallest absolute Gasteiger partial charge is 0.189 e. The maximum Gasteiger partial charge on any atom is 0.189 e. The lowest BCUT2D eigenvalue weighted by Crippen LogP contribution is -1.89. The molecule has 0 saturated heterocycles. The van der Waals surface area contributed by atoms with Gasteiger partial charge in [-0.05, 0) is 6.42 Å². The van der Waals surface area contributed by atoms with Gasteiger partial charge in [-0.1, -0.05) is 63.6 Å². The quantitative estimate of drug-likeness (QED) is 0.395. The summed E-state index contributed by atoms with van der Waals surface area (Å²) in [6.45, 7) is 2.26. The number of hydrogen-bond acceptors (Lipinski definition) is 4. The third kappa shape index (κ3) is 5.12. The highest BCUT2D eigenvalue weighted by atomic mass is 32.2. The lowest BCUT2D eigenvalue weighted by Gasteiger charge is -2.01. The number of aromatic nitrogens is 4. The Balaban J connectivity index is 1.54. The van der Waals surface area contributed by atoms with Crippen LogP contribution in [-0.4, -0.2) is 25.7 Å². The maximum atomic E-state index is 4.41. The van der Waals surface area contributed by atoms with Gasteiger partial charge in [-0.3, -0.25) is 0 Å². The fourth-order valence-electron chi connectivity index (χ4n) is 2.19. The summed E-state index contributed by atoms with van der Waals surface area (Å²) in [5.74, 6) is 1.10. The van der Waals surface area contributed by atoms with Gasteiger partial charge in [0.15, 0.2) is 10.8 Å². The van der Waals surface area contributed by atoms with Crippen LogP contribution in [0.25, 0.3) is 11.2 Å². The third-order valence-electron chi connectivity index (χ3n) is 3.38. The summed E-state index contributed by atoms with van der Waals surface area (Å²) in [6, 6.07) is 0. The largest absolute Gasteiger partial charge is 0.342 e. The molecule has 0 amide bonds. The molecule has 20 heavy (non-hydrogen) atoms. The number of nitrogens with one attached hydrogen (secondary N) is 1. The molecule has 0 spiro atoms. The van der Waals surface area contributed by atoms with Gasteiger partial charge in [0.1, 0.15) is 5.52 Å². The second-order valence-corrected chi connectivity index (χ2v) is 6.18. The molecule has 0 unspecified atom stereocenters. The summed E-state index contributed by atoms with van der Waals surface area (Å²) in [4.78, 5) is 15.9. The Labute approximate surface area is 125 Å². The molecule has 0 radical (unpaired) electrons. The molecule has 5 heteroatoms. The van der Waals surface area contributed by atoms with Gasteiger partial charge in [-0.15, -0.1) is 0 Å². The average molecular weight is 292 g/mol. The molecular weight excluding hydrogens is 268 g/mol. The van der Waals surface area contributed by atoms with Crippen molar-refractivity contribution in [1.29, 1.82) is 0 Å². The van der Waals surface area contributed by atoms with E-state index in [-0.39, 0.29) is 0 Å². The number of nitrogens with zero attached hydrogens (tertiary/aromatic N) is 3. The number of aromatic amines is 1. The number of unbranched alkanes of at least 4 members (excludes halogenated alkanes) is 7. The van der Waals surface area contributed by atoms with Crippen LogP contribution < -0.4 is 0 Å². The Bertz CT molecular complexity index is 497. The number of rotatable bonds is 10. The summed E-state index contributed by atoms with van der Waals surface area (Å²) in [5.41, 5.74) is 1.67. The van der Waals surface area contributed by atoms with Crippen LogP contribution in [0.4, 0.5) is 0 Å². The van der Waals surface area contributed by atoms with E-state index in [1.54, 1.807) is 18.1 Å². The first-order valence-corrected chi connectivity index (χ1v) is 8.67. The zero-order chi connectivity index (χ0) is 14.0. The molecule has 2 aromatic heterocycles. The third-order valence-corrected chi connectivity index (χ3v) is 4.33. The fourth-order valence-corrected chi connectivity index (χ4v) is 3.00. The second kappa shape index (κ2) is 8.95. The van der Waals surface area contributed by atoms with Crippen molar-refractivity contribution in [2.75, 3.05) is 5.75 Å². The molecule has 0 aromatic carbocycles. The van der Waals surface area contributed by atoms with Crippen LogP contribution in [0.15, 0.2) is 17.7 Å². The van der Waals surface area contributed by atoms with Crippen LogP contribution in [0.3, 0.4) is 0 Å². The van der Waals surface area contributed by atoms with Crippen molar-refractivity contribution in [3.05, 3.63) is 12.5 Å². The molecule has 1 N–H and O–H groups in total. The number of thioether (sulfide) groups is 1. The summed E-state index contributed by atoms with van der Waals surface area (Å²) >= 11 is 1.73. The van der Waals surface area contributed by atoms with Crippen LogP contribution >= 0.6 is 11.8 Å². The molecule has 0 fully saturated rings. The van der Waals surface area contributed by atoms with E-state index in [2.05, 4.69) is 26.9 Å². The zero-order valence-electron chi connectivity index (χ0n) is 12.3. The van der Waals surface area contributed by atoms with Crippen molar-refractivity contribution in [2.45, 2.75) is 63.4 Å². The van der Waals surface area contributed by atoms with E-state index in [1.165, 1.54) is 51.4 Å². The normalized spacial score (nSPS) is 11.2. The topological polar surface area (TPSA) is 54.5 Å². The minimum Gasteiger partial charge on any atom is -0.342 e. The van der Waals surface area contributed by atoms with Crippen LogP contribution in [0, 0.1) is 0 Å². The van der Waals surface area contributed by atoms with Crippen molar-refractivity contribution in [3.8, 4) is 0 Å². The van der Waals surface area contributed by atoms with E-state index < -0.39 is 0 Å². The summed E-state index contributed by atoms with van der Waals surface area (Å²) in [5, 5.41) is 0.840. The average Bonchev–Trinajstić information content (AvgIpc) is 2.93. The van der Waals surface area contributed by atoms with E-state index in [4.69, 9.17) is 0 Å². The first-order chi connectivity index (χ1) is 9.90. The molecule has 2 heterocycles. The van der Waals surface area contributed by atoms with E-state index >= 15 is 0 Å². The molecule has 0 aliphatic heterocycles. The Morgan fingerprint density at radius 1 is 1.00 bits per heavy atom. The molecule has 2 aromatic rings. The van der Waals surface area contributed by atoms with Crippen LogP contribution in [0.2, 0.25) is 0 Å². The van der Waals surface area contributed by atoms with Gasteiger partial charge in [-0.2, -0.15) is 0 Å². The molecule has 110 valence electrons. The van der Waals surface area contributed by atoms with Crippen molar-refractivity contribution in [2.24, 2.45) is 0 Å². The summed E-state index contributed by atoms with van der Waals surface area (Å²) < 4.78 is 0. The number of fused-ring (bicyclic) bond motifs is 1. The Kier molecular flexibility index (Phi) is 6.84. The first kappa shape index (κ1) is 15.3.